The summed E-state index contributed by atoms with van der Waals surface area (Å²) < 4.78 is 1.11. The van der Waals surface area contributed by atoms with Gasteiger partial charge in [-0.2, -0.15) is 0 Å². The molecule has 3 rings (SSSR count). The van der Waals surface area contributed by atoms with Gasteiger partial charge in [0.05, 0.1) is 12.2 Å². The molecule has 1 atom stereocenters. The van der Waals surface area contributed by atoms with Gasteiger partial charge in [-0.25, -0.2) is 9.97 Å². The maximum absolute atomic E-state index is 12.3. The highest BCUT2D eigenvalue weighted by Gasteiger charge is 2.24. The monoisotopic (exact) mass is 410 g/mol. The van der Waals surface area contributed by atoms with Crippen LogP contribution in [0.15, 0.2) is 39.7 Å². The Kier molecular flexibility index (Phi) is 4.32. The van der Waals surface area contributed by atoms with Gasteiger partial charge in [0.15, 0.2) is 5.82 Å². The minimum absolute atomic E-state index is 0.109. The summed E-state index contributed by atoms with van der Waals surface area (Å²) in [6.07, 6.45) is 2.22. The Balaban J connectivity index is 1.72. The van der Waals surface area contributed by atoms with Gasteiger partial charge in [-0.15, -0.1) is 0 Å². The molecular weight excluding hydrogens is 400 g/mol. The van der Waals surface area contributed by atoms with Crippen LogP contribution in [0.25, 0.3) is 0 Å². The smallest absolute Gasteiger partial charge is 0.243 e. The highest BCUT2D eigenvalue weighted by Crippen LogP contribution is 2.21. The number of aromatic nitrogens is 2. The number of nitrogens with one attached hydrogen (secondary N) is 2. The quantitative estimate of drug-likeness (QED) is 0.797. The minimum Gasteiger partial charge on any atom is -0.307 e. The highest BCUT2D eigenvalue weighted by atomic mass is 79.9. The van der Waals surface area contributed by atoms with E-state index in [1.54, 1.807) is 6.20 Å². The minimum atomic E-state index is -0.266. The molecule has 108 valence electrons. The first kappa shape index (κ1) is 14.6. The van der Waals surface area contributed by atoms with Crippen LogP contribution in [0, 0.1) is 0 Å². The van der Waals surface area contributed by atoms with E-state index in [0.717, 1.165) is 0 Å². The Bertz CT molecular complexity index is 692. The van der Waals surface area contributed by atoms with Crippen molar-refractivity contribution in [3.05, 3.63) is 50.8 Å². The van der Waals surface area contributed by atoms with Crippen molar-refractivity contribution >= 4 is 43.6 Å². The molecule has 1 aromatic heterocycles. The third-order valence-corrected chi connectivity index (χ3v) is 4.27. The lowest BCUT2D eigenvalue weighted by molar-refractivity contribution is -0.118. The fourth-order valence-electron chi connectivity index (χ4n) is 2.27. The second-order valence-electron chi connectivity index (χ2n) is 4.73. The van der Waals surface area contributed by atoms with Crippen LogP contribution in [0.3, 0.4) is 0 Å². The number of hydrogen-bond acceptors (Lipinski definition) is 4. The van der Waals surface area contributed by atoms with E-state index in [1.807, 2.05) is 12.1 Å². The van der Waals surface area contributed by atoms with Crippen molar-refractivity contribution in [2.75, 3.05) is 5.32 Å². The molecule has 1 aliphatic heterocycles. The van der Waals surface area contributed by atoms with Crippen molar-refractivity contribution in [2.24, 2.45) is 0 Å². The Labute approximate surface area is 138 Å². The number of fused-ring (bicyclic) bond motifs is 1. The normalized spacial score (nSPS) is 17.1. The van der Waals surface area contributed by atoms with Gasteiger partial charge in [0, 0.05) is 6.54 Å². The predicted molar refractivity (Wildman–Crippen MR) is 86.8 cm³/mol. The van der Waals surface area contributed by atoms with Gasteiger partial charge in [-0.3, -0.25) is 4.79 Å². The summed E-state index contributed by atoms with van der Waals surface area (Å²) in [4.78, 5) is 20.6. The van der Waals surface area contributed by atoms with E-state index < -0.39 is 0 Å². The molecule has 2 N–H and O–H groups in total. The van der Waals surface area contributed by atoms with Crippen LogP contribution in [0.4, 0.5) is 5.82 Å². The topological polar surface area (TPSA) is 66.9 Å². The Morgan fingerprint density at radius 1 is 1.29 bits per heavy atom. The molecule has 2 heterocycles. The molecular formula is C14H12Br2N4O. The molecule has 1 aromatic carbocycles. The average molecular weight is 412 g/mol. The number of rotatable bonds is 2. The zero-order chi connectivity index (χ0) is 14.8. The largest absolute Gasteiger partial charge is 0.307 e. The lowest BCUT2D eigenvalue weighted by atomic mass is 9.95. The van der Waals surface area contributed by atoms with Gasteiger partial charge in [0.1, 0.15) is 9.21 Å². The maximum atomic E-state index is 12.3. The van der Waals surface area contributed by atoms with Crippen molar-refractivity contribution in [2.45, 2.75) is 19.0 Å². The second kappa shape index (κ2) is 6.21. The van der Waals surface area contributed by atoms with E-state index in [4.69, 9.17) is 0 Å². The first-order chi connectivity index (χ1) is 10.1. The first-order valence-electron chi connectivity index (χ1n) is 6.42. The van der Waals surface area contributed by atoms with Gasteiger partial charge in [-0.1, -0.05) is 24.3 Å². The molecule has 0 saturated heterocycles. The van der Waals surface area contributed by atoms with Crippen LogP contribution in [-0.2, 0) is 17.8 Å². The van der Waals surface area contributed by atoms with E-state index >= 15 is 0 Å². The zero-order valence-corrected chi connectivity index (χ0v) is 14.1. The Morgan fingerprint density at radius 3 is 2.81 bits per heavy atom. The van der Waals surface area contributed by atoms with Crippen molar-refractivity contribution in [1.82, 2.24) is 15.3 Å². The van der Waals surface area contributed by atoms with Gasteiger partial charge < -0.3 is 10.6 Å². The molecule has 7 heteroatoms. The summed E-state index contributed by atoms with van der Waals surface area (Å²) in [6.45, 7) is 0.696. The van der Waals surface area contributed by atoms with E-state index in [-0.39, 0.29) is 11.9 Å². The molecule has 0 unspecified atom stereocenters. The van der Waals surface area contributed by atoms with Gasteiger partial charge >= 0.3 is 0 Å². The molecule has 1 amide bonds. The number of carbonyl (C=O) groups is 1. The molecule has 0 radical (unpaired) electrons. The van der Waals surface area contributed by atoms with Gasteiger partial charge in [-0.05, 0) is 49.4 Å². The van der Waals surface area contributed by atoms with Gasteiger partial charge in [0.25, 0.3) is 0 Å². The third kappa shape index (κ3) is 3.30. The molecule has 0 bridgehead atoms. The van der Waals surface area contributed by atoms with E-state index in [2.05, 4.69) is 64.6 Å². The Morgan fingerprint density at radius 2 is 2.05 bits per heavy atom. The number of amides is 1. The molecule has 1 aliphatic rings. The van der Waals surface area contributed by atoms with E-state index in [0.29, 0.717) is 28.0 Å². The van der Waals surface area contributed by atoms with Crippen molar-refractivity contribution in [3.8, 4) is 0 Å². The maximum Gasteiger partial charge on any atom is 0.243 e. The molecule has 0 saturated carbocycles. The standard InChI is InChI=1S/C14H12Br2N4O/c15-11-7-18-13(12(16)19-11)20-14(21)10-5-8-3-1-2-4-9(8)6-17-10/h1-4,7,10,17H,5-6H2,(H,18,20,21)/t10-/m1/s1. The van der Waals surface area contributed by atoms with Crippen molar-refractivity contribution in [3.63, 3.8) is 0 Å². The summed E-state index contributed by atoms with van der Waals surface area (Å²) >= 11 is 6.52. The number of hydrogen-bond donors (Lipinski definition) is 2. The lowest BCUT2D eigenvalue weighted by Gasteiger charge is -2.25. The van der Waals surface area contributed by atoms with Gasteiger partial charge in [0.2, 0.25) is 5.91 Å². The van der Waals surface area contributed by atoms with Crippen LogP contribution in [-0.4, -0.2) is 21.9 Å². The van der Waals surface area contributed by atoms with Crippen LogP contribution in [0.2, 0.25) is 0 Å². The number of nitrogens with zero attached hydrogens (tertiary/aromatic N) is 2. The Hall–Kier alpha value is -1.31. The molecule has 2 aromatic rings. The number of halogens is 2. The summed E-state index contributed by atoms with van der Waals surface area (Å²) in [5.74, 6) is 0.311. The van der Waals surface area contributed by atoms with Crippen LogP contribution in [0.5, 0.6) is 0 Å². The molecule has 0 fully saturated rings. The first-order valence-corrected chi connectivity index (χ1v) is 8.01. The fraction of sp³-hybridized carbons (Fsp3) is 0.214. The summed E-state index contributed by atoms with van der Waals surface area (Å²) in [5.41, 5.74) is 2.45. The molecule has 0 spiro atoms. The average Bonchev–Trinajstić information content (AvgIpc) is 2.49. The van der Waals surface area contributed by atoms with Crippen LogP contribution >= 0.6 is 31.9 Å². The predicted octanol–water partition coefficient (Wildman–Crippen LogP) is 2.65. The summed E-state index contributed by atoms with van der Waals surface area (Å²) in [7, 11) is 0. The number of carbonyl (C=O) groups excluding carboxylic acids is 1. The zero-order valence-electron chi connectivity index (χ0n) is 10.9. The third-order valence-electron chi connectivity index (χ3n) is 3.34. The van der Waals surface area contributed by atoms with Crippen molar-refractivity contribution < 1.29 is 4.79 Å². The van der Waals surface area contributed by atoms with Crippen molar-refractivity contribution in [1.29, 1.82) is 0 Å². The molecule has 0 aliphatic carbocycles. The SMILES string of the molecule is O=C(Nc1ncc(Br)nc1Br)[C@H]1Cc2ccccc2CN1. The molecule has 21 heavy (non-hydrogen) atoms. The number of anilines is 1. The summed E-state index contributed by atoms with van der Waals surface area (Å²) in [5, 5.41) is 6.04. The fourth-order valence-corrected chi connectivity index (χ4v) is 3.18. The van der Waals surface area contributed by atoms with E-state index in [1.165, 1.54) is 11.1 Å². The van der Waals surface area contributed by atoms with Crippen LogP contribution in [0.1, 0.15) is 11.1 Å². The number of benzene rings is 1. The van der Waals surface area contributed by atoms with Crippen LogP contribution < -0.4 is 10.6 Å². The molecule has 5 nitrogen and oxygen atoms in total. The lowest BCUT2D eigenvalue weighted by Crippen LogP contribution is -2.44. The summed E-state index contributed by atoms with van der Waals surface area (Å²) in [6, 6.07) is 7.88. The second-order valence-corrected chi connectivity index (χ2v) is 6.29. The highest BCUT2D eigenvalue weighted by molar-refractivity contribution is 9.11. The van der Waals surface area contributed by atoms with E-state index in [9.17, 15) is 4.79 Å².